The lowest BCUT2D eigenvalue weighted by atomic mass is 10.1. The molecule has 0 heterocycles. The Labute approximate surface area is 210 Å². The molecule has 198 valence electrons. The van der Waals surface area contributed by atoms with Crippen molar-refractivity contribution in [1.82, 2.24) is 0 Å². The molecule has 0 radical (unpaired) electrons. The Kier molecular flexibility index (Phi) is 12.0. The lowest BCUT2D eigenvalue weighted by molar-refractivity contribution is -0.117. The van der Waals surface area contributed by atoms with E-state index in [-0.39, 0.29) is 22.4 Å². The summed E-state index contributed by atoms with van der Waals surface area (Å²) < 4.78 is 22.6. The second-order valence-electron chi connectivity index (χ2n) is 8.61. The predicted octanol–water partition coefficient (Wildman–Crippen LogP) is 3.77. The normalized spacial score (nSPS) is 11.8. The zero-order chi connectivity index (χ0) is 26.6. The third-order valence-electron chi connectivity index (χ3n) is 5.49. The van der Waals surface area contributed by atoms with Gasteiger partial charge in [-0.1, -0.05) is 50.7 Å². The molecule has 0 aromatic heterocycles. The maximum atomic E-state index is 12.0. The first-order valence-corrected chi connectivity index (χ1v) is 15.1. The van der Waals surface area contributed by atoms with Gasteiger partial charge in [-0.05, 0) is 49.2 Å². The van der Waals surface area contributed by atoms with Gasteiger partial charge in [0.1, 0.15) is 0 Å². The van der Waals surface area contributed by atoms with Crippen molar-refractivity contribution >= 4 is 49.0 Å². The van der Waals surface area contributed by atoms with Crippen LogP contribution in [0.25, 0.3) is 0 Å². The fraction of sp³-hybridized carbons (Fsp3) is 0.417. The molecule has 0 aliphatic rings. The number of nitrogens with one attached hydrogen (secondary N) is 2. The van der Waals surface area contributed by atoms with E-state index in [0.717, 1.165) is 51.4 Å². The van der Waals surface area contributed by atoms with E-state index in [2.05, 4.69) is 10.6 Å². The Morgan fingerprint density at radius 2 is 0.917 bits per heavy atom. The molecule has 36 heavy (non-hydrogen) atoms. The van der Waals surface area contributed by atoms with Crippen molar-refractivity contribution in [2.45, 2.75) is 64.2 Å². The minimum atomic E-state index is -4.35. The standard InChI is InChI=1S/C24H34N2O8P2/c27-23(25-19-11-9-13-21(17-19)35(29,30)31)15-7-5-3-1-2-4-6-8-16-24(28)26-20-12-10-14-22(18-20)36(32,33)34/h9-14,17-18H,1-8,15-16H2,(H,25,27)(H,26,28)(H2,29,30,31)(H2,32,33,34). The van der Waals surface area contributed by atoms with Gasteiger partial charge in [-0.3, -0.25) is 18.7 Å². The highest BCUT2D eigenvalue weighted by Gasteiger charge is 2.18. The van der Waals surface area contributed by atoms with Gasteiger partial charge in [0, 0.05) is 24.2 Å². The van der Waals surface area contributed by atoms with E-state index >= 15 is 0 Å². The van der Waals surface area contributed by atoms with Gasteiger partial charge in [-0.2, -0.15) is 0 Å². The van der Waals surface area contributed by atoms with Gasteiger partial charge in [0.25, 0.3) is 0 Å². The second-order valence-corrected chi connectivity index (χ2v) is 11.8. The molecule has 0 fully saturated rings. The van der Waals surface area contributed by atoms with E-state index in [4.69, 9.17) is 0 Å². The molecule has 0 aliphatic heterocycles. The maximum absolute atomic E-state index is 12.0. The van der Waals surface area contributed by atoms with E-state index in [1.807, 2.05) is 0 Å². The third kappa shape index (κ3) is 11.6. The van der Waals surface area contributed by atoms with Gasteiger partial charge in [-0.15, -0.1) is 0 Å². The summed E-state index contributed by atoms with van der Waals surface area (Å²) in [6.45, 7) is 0. The number of hydrogen-bond donors (Lipinski definition) is 6. The molecule has 2 amide bonds. The van der Waals surface area contributed by atoms with E-state index in [1.165, 1.54) is 36.4 Å². The molecule has 6 N–H and O–H groups in total. The fourth-order valence-corrected chi connectivity index (χ4v) is 4.78. The van der Waals surface area contributed by atoms with Crippen LogP contribution in [0, 0.1) is 0 Å². The Hall–Kier alpha value is -2.32. The monoisotopic (exact) mass is 540 g/mol. The van der Waals surface area contributed by atoms with Gasteiger partial charge in [-0.25, -0.2) is 0 Å². The topological polar surface area (TPSA) is 173 Å². The average molecular weight is 540 g/mol. The van der Waals surface area contributed by atoms with Gasteiger partial charge < -0.3 is 30.2 Å². The number of carbonyl (C=O) groups is 2. The van der Waals surface area contributed by atoms with E-state index < -0.39 is 15.2 Å². The van der Waals surface area contributed by atoms with Crippen molar-refractivity contribution in [3.8, 4) is 0 Å². The summed E-state index contributed by atoms with van der Waals surface area (Å²) in [6.07, 6.45) is 8.02. The number of benzene rings is 2. The van der Waals surface area contributed by atoms with Crippen molar-refractivity contribution in [2.24, 2.45) is 0 Å². The first kappa shape index (κ1) is 29.9. The van der Waals surface area contributed by atoms with Gasteiger partial charge >= 0.3 is 15.2 Å². The number of rotatable bonds is 15. The van der Waals surface area contributed by atoms with Crippen LogP contribution < -0.4 is 21.2 Å². The molecule has 2 aromatic rings. The maximum Gasteiger partial charge on any atom is 0.356 e. The van der Waals surface area contributed by atoms with Crippen molar-refractivity contribution in [1.29, 1.82) is 0 Å². The lowest BCUT2D eigenvalue weighted by Crippen LogP contribution is -2.13. The van der Waals surface area contributed by atoms with Gasteiger partial charge in [0.05, 0.1) is 10.6 Å². The summed E-state index contributed by atoms with van der Waals surface area (Å²) in [4.78, 5) is 60.9. The van der Waals surface area contributed by atoms with E-state index in [0.29, 0.717) is 24.2 Å². The molecule has 0 saturated heterocycles. The minimum Gasteiger partial charge on any atom is -0.326 e. The Bertz CT molecular complexity index is 1030. The van der Waals surface area contributed by atoms with Crippen LogP contribution in [0.4, 0.5) is 11.4 Å². The van der Waals surface area contributed by atoms with Crippen molar-refractivity contribution in [3.05, 3.63) is 48.5 Å². The molecule has 0 bridgehead atoms. The van der Waals surface area contributed by atoms with Crippen molar-refractivity contribution < 1.29 is 38.3 Å². The molecule has 2 rings (SSSR count). The van der Waals surface area contributed by atoms with Gasteiger partial charge in [0.15, 0.2) is 0 Å². The number of carbonyl (C=O) groups excluding carboxylic acids is 2. The first-order chi connectivity index (χ1) is 16.9. The molecule has 0 aliphatic carbocycles. The van der Waals surface area contributed by atoms with Crippen LogP contribution in [0.3, 0.4) is 0 Å². The summed E-state index contributed by atoms with van der Waals surface area (Å²) in [7, 11) is -8.71. The zero-order valence-electron chi connectivity index (χ0n) is 20.0. The molecular weight excluding hydrogens is 506 g/mol. The summed E-state index contributed by atoms with van der Waals surface area (Å²) in [5, 5.41) is 5.07. The van der Waals surface area contributed by atoms with Crippen LogP contribution >= 0.6 is 15.2 Å². The average Bonchev–Trinajstić information content (AvgIpc) is 2.79. The molecule has 0 unspecified atom stereocenters. The second kappa shape index (κ2) is 14.4. The van der Waals surface area contributed by atoms with E-state index in [9.17, 15) is 38.3 Å². The van der Waals surface area contributed by atoms with Crippen LogP contribution in [-0.2, 0) is 18.7 Å². The lowest BCUT2D eigenvalue weighted by Gasteiger charge is -2.09. The van der Waals surface area contributed by atoms with Crippen molar-refractivity contribution in [2.75, 3.05) is 10.6 Å². The van der Waals surface area contributed by atoms with Crippen LogP contribution in [-0.4, -0.2) is 31.4 Å². The van der Waals surface area contributed by atoms with Crippen LogP contribution in [0.15, 0.2) is 48.5 Å². The van der Waals surface area contributed by atoms with Gasteiger partial charge in [0.2, 0.25) is 11.8 Å². The summed E-state index contributed by atoms with van der Waals surface area (Å²) >= 11 is 0. The summed E-state index contributed by atoms with van der Waals surface area (Å²) in [5.41, 5.74) is 0.730. The smallest absolute Gasteiger partial charge is 0.326 e. The van der Waals surface area contributed by atoms with Crippen LogP contribution in [0.1, 0.15) is 64.2 Å². The zero-order valence-corrected chi connectivity index (χ0v) is 21.8. The molecule has 0 atom stereocenters. The molecule has 12 heteroatoms. The summed E-state index contributed by atoms with van der Waals surface area (Å²) in [6, 6.07) is 11.4. The minimum absolute atomic E-state index is 0.131. The SMILES string of the molecule is O=C(CCCCCCCCCCC(=O)Nc1cccc(P(=O)(O)O)c1)Nc1cccc(P(=O)(O)O)c1. The first-order valence-electron chi connectivity index (χ1n) is 11.9. The molecule has 0 spiro atoms. The highest BCUT2D eigenvalue weighted by molar-refractivity contribution is 7.60. The Balaban J connectivity index is 1.50. The molecule has 2 aromatic carbocycles. The largest absolute Gasteiger partial charge is 0.356 e. The third-order valence-corrected chi connectivity index (χ3v) is 7.39. The number of unbranched alkanes of at least 4 members (excludes halogenated alkanes) is 7. The number of amides is 2. The molecular formula is C24H34N2O8P2. The van der Waals surface area contributed by atoms with Crippen LogP contribution in [0.2, 0.25) is 0 Å². The summed E-state index contributed by atoms with van der Waals surface area (Å²) in [5.74, 6) is -0.380. The fourth-order valence-electron chi connectivity index (χ4n) is 3.61. The highest BCUT2D eigenvalue weighted by atomic mass is 31.2. The van der Waals surface area contributed by atoms with Crippen LogP contribution in [0.5, 0.6) is 0 Å². The Morgan fingerprint density at radius 3 is 1.25 bits per heavy atom. The van der Waals surface area contributed by atoms with E-state index in [1.54, 1.807) is 12.1 Å². The number of hydrogen-bond acceptors (Lipinski definition) is 4. The van der Waals surface area contributed by atoms with Crippen molar-refractivity contribution in [3.63, 3.8) is 0 Å². The molecule has 10 nitrogen and oxygen atoms in total. The predicted molar refractivity (Wildman–Crippen MR) is 140 cm³/mol. The quantitative estimate of drug-likeness (QED) is 0.146. The number of anilines is 2. The Morgan fingerprint density at radius 1 is 0.583 bits per heavy atom. The highest BCUT2D eigenvalue weighted by Crippen LogP contribution is 2.34. The molecule has 0 saturated carbocycles.